The Kier molecular flexibility index (Phi) is 6.84. The third-order valence-corrected chi connectivity index (χ3v) is 6.34. The van der Waals surface area contributed by atoms with Gasteiger partial charge in [-0.25, -0.2) is 0 Å². The predicted molar refractivity (Wildman–Crippen MR) is 141 cm³/mol. The van der Waals surface area contributed by atoms with Gasteiger partial charge in [-0.1, -0.05) is 83.4 Å². The van der Waals surface area contributed by atoms with Crippen LogP contribution in [0.15, 0.2) is 72.8 Å². The Bertz CT molecular complexity index is 1330. The molecular formula is C26H21Cl2N3OS. The van der Waals surface area contributed by atoms with E-state index in [-0.39, 0.29) is 11.5 Å². The molecule has 0 unspecified atom stereocenters. The van der Waals surface area contributed by atoms with Crippen LogP contribution in [0.3, 0.4) is 0 Å². The van der Waals surface area contributed by atoms with E-state index < -0.39 is 0 Å². The highest BCUT2D eigenvalue weighted by molar-refractivity contribution is 7.80. The van der Waals surface area contributed by atoms with E-state index in [1.807, 2.05) is 61.5 Å². The van der Waals surface area contributed by atoms with Gasteiger partial charge in [-0.15, -0.1) is 0 Å². The molecule has 1 heterocycles. The van der Waals surface area contributed by atoms with Crippen LogP contribution >= 0.6 is 35.4 Å². The molecule has 33 heavy (non-hydrogen) atoms. The molecule has 0 saturated carbocycles. The minimum Gasteiger partial charge on any atom is -0.396 e. The number of thiocarbonyl (C=S) groups is 1. The Labute approximate surface area is 207 Å². The normalized spacial score (nSPS) is 10.8. The molecule has 0 atom stereocenters. The summed E-state index contributed by atoms with van der Waals surface area (Å²) in [5, 5.41) is 4.00. The minimum atomic E-state index is -0.299. The third-order valence-electron chi connectivity index (χ3n) is 5.25. The molecule has 0 radical (unpaired) electrons. The number of hydrogen-bond donors (Lipinski definition) is 3. The van der Waals surface area contributed by atoms with Gasteiger partial charge in [0.2, 0.25) is 5.78 Å². The number of ketones is 1. The van der Waals surface area contributed by atoms with Crippen LogP contribution in [0.1, 0.15) is 32.7 Å². The Hall–Kier alpha value is -3.12. The molecule has 0 amide bonds. The van der Waals surface area contributed by atoms with E-state index in [9.17, 15) is 4.79 Å². The zero-order valence-corrected chi connectivity index (χ0v) is 20.1. The fourth-order valence-electron chi connectivity index (χ4n) is 3.51. The Morgan fingerprint density at radius 3 is 2.36 bits per heavy atom. The molecule has 0 fully saturated rings. The molecular weight excluding hydrogens is 473 g/mol. The first-order valence-electron chi connectivity index (χ1n) is 10.3. The van der Waals surface area contributed by atoms with Crippen LogP contribution in [0.4, 0.5) is 17.2 Å². The zero-order chi connectivity index (χ0) is 23.5. The fourth-order valence-corrected chi connectivity index (χ4v) is 4.19. The lowest BCUT2D eigenvalue weighted by atomic mass is 10.0. The van der Waals surface area contributed by atoms with Gasteiger partial charge < -0.3 is 16.0 Å². The molecule has 0 bridgehead atoms. The van der Waals surface area contributed by atoms with Crippen LogP contribution in [0.25, 0.3) is 0 Å². The summed E-state index contributed by atoms with van der Waals surface area (Å²) < 4.78 is 0. The van der Waals surface area contributed by atoms with E-state index in [4.69, 9.17) is 41.2 Å². The molecule has 0 aliphatic carbocycles. The molecule has 1 aromatic heterocycles. The monoisotopic (exact) mass is 493 g/mol. The molecule has 0 spiro atoms. The van der Waals surface area contributed by atoms with Crippen molar-refractivity contribution in [3.8, 4) is 0 Å². The molecule has 0 saturated heterocycles. The van der Waals surface area contributed by atoms with Crippen molar-refractivity contribution in [1.29, 1.82) is 0 Å². The standard InChI is InChI=1S/C26H21Cl2N3OS/c1-15-7-10-18(11-8-15)30-26-22(21(33)13-16-5-3-2-4-6-16)23(29)24(31-26)25(32)17-9-12-19(27)20(28)14-17/h2-12,14,30-31H,13,29H2,1H3. The molecule has 0 aliphatic heterocycles. The van der Waals surface area contributed by atoms with Gasteiger partial charge in [0.1, 0.15) is 11.5 Å². The maximum atomic E-state index is 13.3. The zero-order valence-electron chi connectivity index (χ0n) is 17.8. The van der Waals surface area contributed by atoms with E-state index in [1.54, 1.807) is 12.1 Å². The van der Waals surface area contributed by atoms with Gasteiger partial charge in [0.15, 0.2) is 0 Å². The van der Waals surface area contributed by atoms with E-state index in [1.165, 1.54) is 6.07 Å². The fraction of sp³-hybridized carbons (Fsp3) is 0.0769. The number of carbonyl (C=O) groups is 1. The van der Waals surface area contributed by atoms with Gasteiger partial charge in [0, 0.05) is 22.5 Å². The van der Waals surface area contributed by atoms with E-state index in [0.717, 1.165) is 16.8 Å². The number of carbonyl (C=O) groups excluding carboxylic acids is 1. The molecule has 7 heteroatoms. The summed E-state index contributed by atoms with van der Waals surface area (Å²) in [5.74, 6) is 0.271. The number of nitrogens with two attached hydrogens (primary N) is 1. The summed E-state index contributed by atoms with van der Waals surface area (Å²) in [6.07, 6.45) is 0.515. The first-order valence-corrected chi connectivity index (χ1v) is 11.4. The predicted octanol–water partition coefficient (Wildman–Crippen LogP) is 7.15. The van der Waals surface area contributed by atoms with Crippen LogP contribution in [0.5, 0.6) is 0 Å². The SMILES string of the molecule is Cc1ccc(Nc2[nH]c(C(=O)c3ccc(Cl)c(Cl)c3)c(N)c2C(=S)Cc2ccccc2)cc1. The van der Waals surface area contributed by atoms with Crippen LogP contribution in [0.2, 0.25) is 10.0 Å². The number of halogens is 2. The molecule has 4 rings (SSSR count). The van der Waals surface area contributed by atoms with Crippen molar-refractivity contribution in [3.05, 3.63) is 111 Å². The number of anilines is 3. The van der Waals surface area contributed by atoms with Gasteiger partial charge in [0.25, 0.3) is 0 Å². The van der Waals surface area contributed by atoms with E-state index in [0.29, 0.717) is 44.0 Å². The van der Waals surface area contributed by atoms with Crippen molar-refractivity contribution >= 4 is 63.3 Å². The summed E-state index contributed by atoms with van der Waals surface area (Å²) >= 11 is 17.9. The number of aromatic nitrogens is 1. The molecule has 0 aliphatic rings. The number of benzene rings is 3. The summed E-state index contributed by atoms with van der Waals surface area (Å²) in [5.41, 5.74) is 11.1. The lowest BCUT2D eigenvalue weighted by molar-refractivity contribution is 0.103. The third kappa shape index (κ3) is 5.11. The second-order valence-corrected chi connectivity index (χ2v) is 9.01. The number of aromatic amines is 1. The van der Waals surface area contributed by atoms with Crippen molar-refractivity contribution < 1.29 is 4.79 Å². The van der Waals surface area contributed by atoms with Gasteiger partial charge in [0.05, 0.1) is 21.3 Å². The van der Waals surface area contributed by atoms with Gasteiger partial charge in [-0.2, -0.15) is 0 Å². The second kappa shape index (κ2) is 9.79. The highest BCUT2D eigenvalue weighted by Gasteiger charge is 2.24. The smallest absolute Gasteiger partial charge is 0.211 e. The van der Waals surface area contributed by atoms with Crippen molar-refractivity contribution in [2.45, 2.75) is 13.3 Å². The minimum absolute atomic E-state index is 0.244. The average molecular weight is 494 g/mol. The van der Waals surface area contributed by atoms with Gasteiger partial charge in [-0.05, 0) is 42.8 Å². The molecule has 4 aromatic rings. The van der Waals surface area contributed by atoms with Crippen molar-refractivity contribution in [1.82, 2.24) is 4.98 Å². The van der Waals surface area contributed by atoms with Crippen molar-refractivity contribution in [3.63, 3.8) is 0 Å². The Balaban J connectivity index is 1.76. The maximum Gasteiger partial charge on any atom is 0.211 e. The van der Waals surface area contributed by atoms with E-state index >= 15 is 0 Å². The molecule has 4 N–H and O–H groups in total. The summed E-state index contributed by atoms with van der Waals surface area (Å²) in [6, 6.07) is 22.5. The van der Waals surface area contributed by atoms with Crippen LogP contribution in [-0.4, -0.2) is 15.6 Å². The number of H-pyrrole nitrogens is 1. The number of aryl methyl sites for hydroxylation is 1. The Morgan fingerprint density at radius 1 is 1.00 bits per heavy atom. The quantitative estimate of drug-likeness (QED) is 0.189. The van der Waals surface area contributed by atoms with Gasteiger partial charge >= 0.3 is 0 Å². The highest BCUT2D eigenvalue weighted by Crippen LogP contribution is 2.33. The highest BCUT2D eigenvalue weighted by atomic mass is 35.5. The first kappa shape index (κ1) is 23.1. The average Bonchev–Trinajstić information content (AvgIpc) is 3.13. The number of nitrogen functional groups attached to an aromatic ring is 1. The van der Waals surface area contributed by atoms with Crippen LogP contribution in [-0.2, 0) is 6.42 Å². The summed E-state index contributed by atoms with van der Waals surface area (Å²) in [6.45, 7) is 2.02. The summed E-state index contributed by atoms with van der Waals surface area (Å²) in [7, 11) is 0. The second-order valence-electron chi connectivity index (χ2n) is 7.70. The van der Waals surface area contributed by atoms with Crippen molar-refractivity contribution in [2.75, 3.05) is 11.1 Å². The lowest BCUT2D eigenvalue weighted by Crippen LogP contribution is -2.08. The molecule has 166 valence electrons. The van der Waals surface area contributed by atoms with Crippen LogP contribution in [0, 0.1) is 6.92 Å². The molecule has 3 aromatic carbocycles. The van der Waals surface area contributed by atoms with Crippen LogP contribution < -0.4 is 11.1 Å². The number of nitrogens with one attached hydrogen (secondary N) is 2. The molecule has 4 nitrogen and oxygen atoms in total. The number of rotatable bonds is 7. The first-order chi connectivity index (χ1) is 15.8. The number of hydrogen-bond acceptors (Lipinski definition) is 4. The Morgan fingerprint density at radius 2 is 1.70 bits per heavy atom. The lowest BCUT2D eigenvalue weighted by Gasteiger charge is -2.10. The van der Waals surface area contributed by atoms with E-state index in [2.05, 4.69) is 10.3 Å². The van der Waals surface area contributed by atoms with Gasteiger partial charge in [-0.3, -0.25) is 4.79 Å². The maximum absolute atomic E-state index is 13.3. The van der Waals surface area contributed by atoms with Crippen molar-refractivity contribution in [2.24, 2.45) is 0 Å². The topological polar surface area (TPSA) is 70.9 Å². The summed E-state index contributed by atoms with van der Waals surface area (Å²) in [4.78, 5) is 17.1. The largest absolute Gasteiger partial charge is 0.396 e.